The third kappa shape index (κ3) is 3.03. The molecule has 0 spiro atoms. The first-order valence-corrected chi connectivity index (χ1v) is 7.76. The van der Waals surface area contributed by atoms with Gasteiger partial charge in [0.2, 0.25) is 0 Å². The van der Waals surface area contributed by atoms with Crippen molar-refractivity contribution in [1.29, 1.82) is 0 Å². The number of anilines is 1. The van der Waals surface area contributed by atoms with E-state index < -0.39 is 6.10 Å². The van der Waals surface area contributed by atoms with Gasteiger partial charge in [-0.2, -0.15) is 0 Å². The van der Waals surface area contributed by atoms with Gasteiger partial charge in [-0.25, -0.2) is 0 Å². The fraction of sp³-hybridized carbons (Fsp3) is 0.294. The average Bonchev–Trinajstić information content (AvgIpc) is 2.83. The number of aliphatic hydroxyl groups excluding tert-OH is 1. The monoisotopic (exact) mass is 321 g/mol. The number of rotatable bonds is 3. The highest BCUT2D eigenvalue weighted by atomic mass is 35.5. The summed E-state index contributed by atoms with van der Waals surface area (Å²) >= 11 is 12.1. The Labute approximate surface area is 134 Å². The lowest BCUT2D eigenvalue weighted by Gasteiger charge is -2.15. The number of likely N-dealkylation sites (N-methyl/N-ethyl adjacent to an activating group) is 1. The van der Waals surface area contributed by atoms with Crippen molar-refractivity contribution in [2.24, 2.45) is 0 Å². The molecule has 1 unspecified atom stereocenters. The zero-order chi connectivity index (χ0) is 15.0. The Kier molecular flexibility index (Phi) is 4.12. The Bertz CT molecular complexity index is 672. The maximum absolute atomic E-state index is 10.5. The van der Waals surface area contributed by atoms with E-state index in [0.717, 1.165) is 24.1 Å². The van der Waals surface area contributed by atoms with Crippen LogP contribution in [0.4, 0.5) is 5.69 Å². The van der Waals surface area contributed by atoms with Gasteiger partial charge in [0, 0.05) is 35.7 Å². The fourth-order valence-electron chi connectivity index (χ4n) is 2.81. The molecule has 1 heterocycles. The van der Waals surface area contributed by atoms with Gasteiger partial charge in [0.25, 0.3) is 0 Å². The van der Waals surface area contributed by atoms with Crippen LogP contribution in [0.1, 0.15) is 22.8 Å². The molecule has 1 atom stereocenters. The van der Waals surface area contributed by atoms with E-state index in [9.17, 15) is 5.11 Å². The van der Waals surface area contributed by atoms with E-state index in [0.29, 0.717) is 16.5 Å². The van der Waals surface area contributed by atoms with Crippen LogP contribution < -0.4 is 4.90 Å². The minimum absolute atomic E-state index is 0.491. The van der Waals surface area contributed by atoms with Crippen molar-refractivity contribution in [1.82, 2.24) is 0 Å². The van der Waals surface area contributed by atoms with E-state index in [1.165, 1.54) is 11.3 Å². The summed E-state index contributed by atoms with van der Waals surface area (Å²) in [6, 6.07) is 11.6. The first-order chi connectivity index (χ1) is 10.0. The number of hydrogen-bond donors (Lipinski definition) is 1. The molecule has 0 bridgehead atoms. The van der Waals surface area contributed by atoms with Gasteiger partial charge in [-0.1, -0.05) is 41.4 Å². The molecule has 0 aromatic heterocycles. The molecule has 1 N–H and O–H groups in total. The Hall–Kier alpha value is -1.22. The maximum Gasteiger partial charge on any atom is 0.0831 e. The van der Waals surface area contributed by atoms with Crippen LogP contribution in [0.15, 0.2) is 36.4 Å². The molecule has 1 aliphatic heterocycles. The fourth-order valence-corrected chi connectivity index (χ4v) is 3.29. The largest absolute Gasteiger partial charge is 0.388 e. The number of benzene rings is 2. The van der Waals surface area contributed by atoms with Crippen LogP contribution in [-0.2, 0) is 12.8 Å². The normalized spacial score (nSPS) is 15.1. The molecule has 0 aliphatic carbocycles. The lowest BCUT2D eigenvalue weighted by atomic mass is 9.99. The van der Waals surface area contributed by atoms with E-state index >= 15 is 0 Å². The summed E-state index contributed by atoms with van der Waals surface area (Å²) in [5.74, 6) is 0. The second-order valence-corrected chi connectivity index (χ2v) is 6.36. The summed E-state index contributed by atoms with van der Waals surface area (Å²) in [6.45, 7) is 1.04. The van der Waals surface area contributed by atoms with Crippen LogP contribution in [0.5, 0.6) is 0 Å². The minimum atomic E-state index is -0.556. The van der Waals surface area contributed by atoms with Crippen molar-refractivity contribution in [3.8, 4) is 0 Å². The molecular formula is C17H17Cl2NO. The summed E-state index contributed by atoms with van der Waals surface area (Å²) in [4.78, 5) is 2.24. The predicted molar refractivity (Wildman–Crippen MR) is 88.5 cm³/mol. The van der Waals surface area contributed by atoms with Crippen LogP contribution in [0.2, 0.25) is 10.0 Å². The maximum atomic E-state index is 10.5. The van der Waals surface area contributed by atoms with Crippen LogP contribution in [0.3, 0.4) is 0 Å². The Morgan fingerprint density at radius 1 is 1.19 bits per heavy atom. The Morgan fingerprint density at radius 3 is 2.76 bits per heavy atom. The highest BCUT2D eigenvalue weighted by molar-refractivity contribution is 6.35. The van der Waals surface area contributed by atoms with Crippen molar-refractivity contribution >= 4 is 28.9 Å². The molecule has 0 saturated heterocycles. The standard InChI is InChI=1S/C17H17Cl2NO/c1-20-7-6-12-8-13(3-5-16(12)20)17(21)9-11-2-4-14(18)10-15(11)19/h2-5,8,10,17,21H,6-7,9H2,1H3. The first kappa shape index (κ1) is 14.7. The summed E-state index contributed by atoms with van der Waals surface area (Å²) in [5.41, 5.74) is 4.41. The second kappa shape index (κ2) is 5.88. The number of hydrogen-bond acceptors (Lipinski definition) is 2. The molecule has 1 aliphatic rings. The molecule has 2 aromatic carbocycles. The summed E-state index contributed by atoms with van der Waals surface area (Å²) < 4.78 is 0. The van der Waals surface area contributed by atoms with Crippen molar-refractivity contribution in [2.45, 2.75) is 18.9 Å². The predicted octanol–water partition coefficient (Wildman–Crippen LogP) is 4.26. The van der Waals surface area contributed by atoms with Gasteiger partial charge < -0.3 is 10.0 Å². The molecule has 0 saturated carbocycles. The molecule has 2 aromatic rings. The van der Waals surface area contributed by atoms with Crippen molar-refractivity contribution < 1.29 is 5.11 Å². The van der Waals surface area contributed by atoms with Gasteiger partial charge in [0.05, 0.1) is 6.10 Å². The SMILES string of the molecule is CN1CCc2cc(C(O)Cc3ccc(Cl)cc3Cl)ccc21. The van der Waals surface area contributed by atoms with Gasteiger partial charge in [-0.05, 0) is 41.3 Å². The number of nitrogens with zero attached hydrogens (tertiary/aromatic N) is 1. The molecular weight excluding hydrogens is 305 g/mol. The van der Waals surface area contributed by atoms with Crippen LogP contribution in [0.25, 0.3) is 0 Å². The third-order valence-electron chi connectivity index (χ3n) is 4.04. The molecule has 2 nitrogen and oxygen atoms in total. The zero-order valence-electron chi connectivity index (χ0n) is 11.8. The smallest absolute Gasteiger partial charge is 0.0831 e. The molecule has 3 rings (SSSR count). The first-order valence-electron chi connectivity index (χ1n) is 7.00. The minimum Gasteiger partial charge on any atom is -0.388 e. The van der Waals surface area contributed by atoms with Crippen molar-refractivity contribution in [2.75, 3.05) is 18.5 Å². The summed E-state index contributed by atoms with van der Waals surface area (Å²) in [7, 11) is 2.09. The van der Waals surface area contributed by atoms with Gasteiger partial charge in [-0.15, -0.1) is 0 Å². The average molecular weight is 322 g/mol. The van der Waals surface area contributed by atoms with E-state index in [4.69, 9.17) is 23.2 Å². The van der Waals surface area contributed by atoms with Gasteiger partial charge >= 0.3 is 0 Å². The van der Waals surface area contributed by atoms with Gasteiger partial charge in [0.1, 0.15) is 0 Å². The summed E-state index contributed by atoms with van der Waals surface area (Å²) in [6.07, 6.45) is 0.971. The third-order valence-corrected chi connectivity index (χ3v) is 4.63. The van der Waals surface area contributed by atoms with Crippen LogP contribution in [0, 0.1) is 0 Å². The molecule has 0 radical (unpaired) electrons. The highest BCUT2D eigenvalue weighted by Crippen LogP contribution is 2.31. The quantitative estimate of drug-likeness (QED) is 0.912. The summed E-state index contributed by atoms with van der Waals surface area (Å²) in [5, 5.41) is 11.7. The number of aliphatic hydroxyl groups is 1. The van der Waals surface area contributed by atoms with Crippen LogP contribution >= 0.6 is 23.2 Å². The topological polar surface area (TPSA) is 23.5 Å². The molecule has 110 valence electrons. The van der Waals surface area contributed by atoms with Gasteiger partial charge in [0.15, 0.2) is 0 Å². The lowest BCUT2D eigenvalue weighted by Crippen LogP contribution is -2.12. The molecule has 4 heteroatoms. The number of halogens is 2. The van der Waals surface area contributed by atoms with Crippen LogP contribution in [-0.4, -0.2) is 18.7 Å². The Morgan fingerprint density at radius 2 is 2.00 bits per heavy atom. The Balaban J connectivity index is 1.81. The molecule has 0 fully saturated rings. The molecule has 21 heavy (non-hydrogen) atoms. The van der Waals surface area contributed by atoms with E-state index in [-0.39, 0.29) is 0 Å². The number of fused-ring (bicyclic) bond motifs is 1. The van der Waals surface area contributed by atoms with Crippen molar-refractivity contribution in [3.05, 3.63) is 63.1 Å². The van der Waals surface area contributed by atoms with E-state index in [1.54, 1.807) is 12.1 Å². The lowest BCUT2D eigenvalue weighted by molar-refractivity contribution is 0.178. The second-order valence-electron chi connectivity index (χ2n) is 5.52. The zero-order valence-corrected chi connectivity index (χ0v) is 13.3. The molecule has 0 amide bonds. The van der Waals surface area contributed by atoms with Crippen molar-refractivity contribution in [3.63, 3.8) is 0 Å². The highest BCUT2D eigenvalue weighted by Gasteiger charge is 2.18. The van der Waals surface area contributed by atoms with E-state index in [2.05, 4.69) is 24.1 Å². The van der Waals surface area contributed by atoms with Gasteiger partial charge in [-0.3, -0.25) is 0 Å². The van der Waals surface area contributed by atoms with E-state index in [1.807, 2.05) is 12.1 Å².